The minimum Gasteiger partial charge on any atom is -0.217 e. The van der Waals surface area contributed by atoms with E-state index in [1.807, 2.05) is 22.5 Å². The van der Waals surface area contributed by atoms with E-state index in [0.29, 0.717) is 5.41 Å². The molecule has 3 rings (SSSR count). The van der Waals surface area contributed by atoms with E-state index in [2.05, 4.69) is 71.0 Å². The highest BCUT2D eigenvalue weighted by atomic mass is 79.9. The number of nitrogens with zero attached hydrogens (tertiary/aromatic N) is 3. The van der Waals surface area contributed by atoms with E-state index in [0.717, 1.165) is 25.9 Å². The van der Waals surface area contributed by atoms with Gasteiger partial charge in [-0.05, 0) is 45.7 Å². The van der Waals surface area contributed by atoms with Crippen molar-refractivity contribution in [2.75, 3.05) is 5.75 Å². The Kier molecular flexibility index (Phi) is 4.61. The minimum absolute atomic E-state index is 0.399. The Morgan fingerprint density at radius 2 is 1.95 bits per heavy atom. The summed E-state index contributed by atoms with van der Waals surface area (Å²) in [7, 11) is 0. The van der Waals surface area contributed by atoms with Crippen molar-refractivity contribution in [3.05, 3.63) is 34.4 Å². The molecule has 0 atom stereocenters. The van der Waals surface area contributed by atoms with Crippen molar-refractivity contribution in [2.45, 2.75) is 32.1 Å². The summed E-state index contributed by atoms with van der Waals surface area (Å²) < 4.78 is 2.67. The quantitative estimate of drug-likeness (QED) is 0.526. The Balaban J connectivity index is 1.69. The lowest BCUT2D eigenvalue weighted by molar-refractivity contribution is 0.401. The molecule has 0 bridgehead atoms. The number of imidazole rings is 1. The van der Waals surface area contributed by atoms with Crippen molar-refractivity contribution in [1.29, 1.82) is 0 Å². The van der Waals surface area contributed by atoms with Crippen LogP contribution < -0.4 is 0 Å². The maximum Gasteiger partial charge on any atom is 0.213 e. The van der Waals surface area contributed by atoms with E-state index < -0.39 is 0 Å². The van der Waals surface area contributed by atoms with E-state index in [1.165, 1.54) is 22.7 Å². The standard InChI is InChI=1S/C16H18BrN3S2/c1-16(2,3)8-9-21-12-6-4-11(5-7-12)13-10-20-15(18-13)22-14(17)19-20/h4-7,10H,8-9H2,1-3H3. The first-order valence-corrected chi connectivity index (χ1v) is 9.75. The topological polar surface area (TPSA) is 30.2 Å². The molecule has 0 amide bonds. The van der Waals surface area contributed by atoms with Crippen molar-refractivity contribution in [3.8, 4) is 11.3 Å². The molecule has 0 aliphatic carbocycles. The molecule has 0 radical (unpaired) electrons. The maximum atomic E-state index is 4.61. The summed E-state index contributed by atoms with van der Waals surface area (Å²) in [6.07, 6.45) is 3.19. The van der Waals surface area contributed by atoms with Crippen molar-refractivity contribution < 1.29 is 0 Å². The van der Waals surface area contributed by atoms with Gasteiger partial charge in [0.25, 0.3) is 0 Å². The largest absolute Gasteiger partial charge is 0.217 e. The van der Waals surface area contributed by atoms with Crippen LogP contribution in [0.5, 0.6) is 0 Å². The molecule has 116 valence electrons. The van der Waals surface area contributed by atoms with E-state index in [-0.39, 0.29) is 0 Å². The molecule has 0 fully saturated rings. The predicted molar refractivity (Wildman–Crippen MR) is 98.8 cm³/mol. The highest BCUT2D eigenvalue weighted by Gasteiger charge is 2.10. The molecule has 3 aromatic rings. The lowest BCUT2D eigenvalue weighted by Gasteiger charge is -2.17. The third kappa shape index (κ3) is 3.91. The maximum absolute atomic E-state index is 4.61. The smallest absolute Gasteiger partial charge is 0.213 e. The molecular weight excluding hydrogens is 378 g/mol. The first-order valence-electron chi connectivity index (χ1n) is 7.16. The fourth-order valence-electron chi connectivity index (χ4n) is 2.01. The first kappa shape index (κ1) is 16.0. The monoisotopic (exact) mass is 395 g/mol. The van der Waals surface area contributed by atoms with Gasteiger partial charge in [0.2, 0.25) is 4.96 Å². The van der Waals surface area contributed by atoms with E-state index in [4.69, 9.17) is 0 Å². The molecule has 0 spiro atoms. The zero-order valence-corrected chi connectivity index (χ0v) is 16.1. The van der Waals surface area contributed by atoms with E-state index in [9.17, 15) is 0 Å². The summed E-state index contributed by atoms with van der Waals surface area (Å²) in [5.41, 5.74) is 2.50. The third-order valence-electron chi connectivity index (χ3n) is 3.29. The van der Waals surface area contributed by atoms with Gasteiger partial charge < -0.3 is 0 Å². The van der Waals surface area contributed by atoms with Crippen LogP contribution in [0.25, 0.3) is 16.2 Å². The molecule has 0 saturated heterocycles. The number of fused-ring (bicyclic) bond motifs is 1. The average molecular weight is 396 g/mol. The number of thioether (sulfide) groups is 1. The molecule has 0 unspecified atom stereocenters. The number of halogens is 1. The summed E-state index contributed by atoms with van der Waals surface area (Å²) in [4.78, 5) is 6.83. The van der Waals surface area contributed by atoms with Crippen LogP contribution in [0.3, 0.4) is 0 Å². The molecular formula is C16H18BrN3S2. The van der Waals surface area contributed by atoms with Crippen LogP contribution in [-0.4, -0.2) is 20.4 Å². The van der Waals surface area contributed by atoms with Gasteiger partial charge in [-0.25, -0.2) is 9.50 Å². The van der Waals surface area contributed by atoms with Crippen LogP contribution in [-0.2, 0) is 0 Å². The lowest BCUT2D eigenvalue weighted by atomic mass is 9.94. The zero-order chi connectivity index (χ0) is 15.7. The normalized spacial score (nSPS) is 12.2. The van der Waals surface area contributed by atoms with Crippen LogP contribution in [0.1, 0.15) is 27.2 Å². The average Bonchev–Trinajstić information content (AvgIpc) is 2.95. The van der Waals surface area contributed by atoms with Crippen molar-refractivity contribution in [2.24, 2.45) is 5.41 Å². The third-order valence-corrected chi connectivity index (χ3v) is 5.66. The van der Waals surface area contributed by atoms with Crippen LogP contribution in [0.4, 0.5) is 0 Å². The van der Waals surface area contributed by atoms with Gasteiger partial charge in [0.05, 0.1) is 11.9 Å². The van der Waals surface area contributed by atoms with Gasteiger partial charge in [-0.15, -0.1) is 16.9 Å². The molecule has 3 nitrogen and oxygen atoms in total. The molecule has 0 saturated carbocycles. The predicted octanol–water partition coefficient (Wildman–Crippen LogP) is 5.75. The minimum atomic E-state index is 0.399. The Morgan fingerprint density at radius 1 is 1.23 bits per heavy atom. The highest BCUT2D eigenvalue weighted by molar-refractivity contribution is 9.11. The van der Waals surface area contributed by atoms with Crippen molar-refractivity contribution in [1.82, 2.24) is 14.6 Å². The van der Waals surface area contributed by atoms with Gasteiger partial charge in [0.1, 0.15) is 0 Å². The fourth-order valence-corrected chi connectivity index (χ4v) is 4.51. The van der Waals surface area contributed by atoms with Crippen LogP contribution in [0.2, 0.25) is 0 Å². The Hall–Kier alpha value is -0.850. The van der Waals surface area contributed by atoms with E-state index in [1.54, 1.807) is 0 Å². The molecule has 22 heavy (non-hydrogen) atoms. The summed E-state index contributed by atoms with van der Waals surface area (Å²) >= 11 is 6.83. The van der Waals surface area contributed by atoms with Gasteiger partial charge in [-0.2, -0.15) is 0 Å². The number of rotatable bonds is 4. The van der Waals surface area contributed by atoms with Crippen molar-refractivity contribution in [3.63, 3.8) is 0 Å². The van der Waals surface area contributed by atoms with Gasteiger partial charge in [0.15, 0.2) is 3.92 Å². The molecule has 0 aliphatic rings. The summed E-state index contributed by atoms with van der Waals surface area (Å²) in [6.45, 7) is 6.86. The van der Waals surface area contributed by atoms with Gasteiger partial charge in [-0.3, -0.25) is 0 Å². The Morgan fingerprint density at radius 3 is 2.59 bits per heavy atom. The molecule has 2 aromatic heterocycles. The summed E-state index contributed by atoms with van der Waals surface area (Å²) in [5.74, 6) is 1.15. The van der Waals surface area contributed by atoms with Crippen molar-refractivity contribution >= 4 is 44.0 Å². The highest BCUT2D eigenvalue weighted by Crippen LogP contribution is 2.29. The van der Waals surface area contributed by atoms with Gasteiger partial charge in [0, 0.05) is 10.5 Å². The first-order chi connectivity index (χ1) is 10.4. The number of benzene rings is 1. The number of hydrogen-bond acceptors (Lipinski definition) is 4. The zero-order valence-electron chi connectivity index (χ0n) is 12.8. The van der Waals surface area contributed by atoms with Crippen LogP contribution in [0, 0.1) is 5.41 Å². The number of hydrogen-bond donors (Lipinski definition) is 0. The van der Waals surface area contributed by atoms with Crippen LogP contribution in [0.15, 0.2) is 39.3 Å². The molecule has 2 heterocycles. The van der Waals surface area contributed by atoms with Gasteiger partial charge in [-0.1, -0.05) is 44.2 Å². The molecule has 0 N–H and O–H groups in total. The lowest BCUT2D eigenvalue weighted by Crippen LogP contribution is -2.05. The Bertz CT molecular complexity index is 737. The fraction of sp³-hybridized carbons (Fsp3) is 0.375. The molecule has 1 aromatic carbocycles. The van der Waals surface area contributed by atoms with Gasteiger partial charge >= 0.3 is 0 Å². The molecule has 0 aliphatic heterocycles. The molecule has 6 heteroatoms. The Labute approximate surface area is 147 Å². The van der Waals surface area contributed by atoms with Crippen LogP contribution >= 0.6 is 39.0 Å². The second-order valence-corrected chi connectivity index (χ2v) is 9.79. The van der Waals surface area contributed by atoms with E-state index >= 15 is 0 Å². The second kappa shape index (κ2) is 6.34. The summed E-state index contributed by atoms with van der Waals surface area (Å²) in [5, 5.41) is 4.33. The SMILES string of the molecule is CC(C)(C)CCSc1ccc(-c2cn3nc(Br)sc3n2)cc1. The number of aromatic nitrogens is 3. The second-order valence-electron chi connectivity index (χ2n) is 6.39. The summed E-state index contributed by atoms with van der Waals surface area (Å²) in [6, 6.07) is 8.64.